The Bertz CT molecular complexity index is 98.3. The highest BCUT2D eigenvalue weighted by Crippen LogP contribution is 2.28. The maximum atomic E-state index is 5.79. The summed E-state index contributed by atoms with van der Waals surface area (Å²) in [6.45, 7) is 1.93. The summed E-state index contributed by atoms with van der Waals surface area (Å²) >= 11 is 0. The molecule has 4 N–H and O–H groups in total. The largest absolute Gasteiger partial charge is 0.313 e. The smallest absolute Gasteiger partial charge is 0.0636 e. The van der Waals surface area contributed by atoms with Gasteiger partial charge in [-0.15, -0.1) is 0 Å². The maximum Gasteiger partial charge on any atom is 0.0636 e. The lowest BCUT2D eigenvalue weighted by Crippen LogP contribution is -2.53. The third-order valence-corrected chi connectivity index (χ3v) is 2.48. The minimum Gasteiger partial charge on any atom is -0.313 e. The van der Waals surface area contributed by atoms with Gasteiger partial charge in [0.1, 0.15) is 0 Å². The Labute approximate surface area is 63.0 Å². The average Bonchev–Trinajstić information content (AvgIpc) is 1.88. The van der Waals surface area contributed by atoms with Gasteiger partial charge in [0.05, 0.1) is 5.66 Å². The van der Waals surface area contributed by atoms with Gasteiger partial charge in [0, 0.05) is 0 Å². The normalized spacial score (nSPS) is 23.1. The van der Waals surface area contributed by atoms with Gasteiger partial charge in [0.15, 0.2) is 0 Å². The Morgan fingerprint density at radius 1 is 1.10 bits per heavy atom. The van der Waals surface area contributed by atoms with E-state index in [0.29, 0.717) is 5.92 Å². The lowest BCUT2D eigenvalue weighted by atomic mass is 9.81. The van der Waals surface area contributed by atoms with Crippen LogP contribution in [0.25, 0.3) is 0 Å². The monoisotopic (exact) mass is 142 g/mol. The zero-order valence-electron chi connectivity index (χ0n) is 6.77. The van der Waals surface area contributed by atoms with Gasteiger partial charge in [-0.05, 0) is 25.7 Å². The fraction of sp³-hybridized carbons (Fsp3) is 1.00. The zero-order chi connectivity index (χ0) is 7.61. The van der Waals surface area contributed by atoms with Gasteiger partial charge in [-0.3, -0.25) is 0 Å². The molecule has 1 aliphatic carbocycles. The van der Waals surface area contributed by atoms with Crippen LogP contribution in [0.4, 0.5) is 0 Å². The third kappa shape index (κ3) is 1.96. The average molecular weight is 142 g/mol. The van der Waals surface area contributed by atoms with Crippen LogP contribution in [-0.4, -0.2) is 5.66 Å². The van der Waals surface area contributed by atoms with E-state index < -0.39 is 5.66 Å². The lowest BCUT2D eigenvalue weighted by Gasteiger charge is -2.33. The van der Waals surface area contributed by atoms with E-state index in [4.69, 9.17) is 11.5 Å². The molecule has 0 bridgehead atoms. The molecule has 1 saturated carbocycles. The van der Waals surface area contributed by atoms with Crippen molar-refractivity contribution in [2.45, 2.75) is 44.7 Å². The topological polar surface area (TPSA) is 52.0 Å². The van der Waals surface area contributed by atoms with Crippen LogP contribution < -0.4 is 11.5 Å². The van der Waals surface area contributed by atoms with Gasteiger partial charge < -0.3 is 11.5 Å². The summed E-state index contributed by atoms with van der Waals surface area (Å²) in [6.07, 6.45) is 6.45. The number of nitrogens with two attached hydrogens (primary N) is 2. The molecule has 0 aromatic heterocycles. The molecule has 0 spiro atoms. The summed E-state index contributed by atoms with van der Waals surface area (Å²) in [4.78, 5) is 0. The van der Waals surface area contributed by atoms with Crippen molar-refractivity contribution in [3.05, 3.63) is 0 Å². The van der Waals surface area contributed by atoms with E-state index in [1.54, 1.807) is 0 Å². The van der Waals surface area contributed by atoms with Crippen molar-refractivity contribution in [3.8, 4) is 0 Å². The Morgan fingerprint density at radius 2 is 1.60 bits per heavy atom. The van der Waals surface area contributed by atoms with Crippen molar-refractivity contribution in [2.75, 3.05) is 0 Å². The van der Waals surface area contributed by atoms with Crippen molar-refractivity contribution < 1.29 is 0 Å². The molecule has 0 aliphatic heterocycles. The first-order chi connectivity index (χ1) is 4.61. The van der Waals surface area contributed by atoms with E-state index in [0.717, 1.165) is 0 Å². The Kier molecular flexibility index (Phi) is 2.32. The molecule has 0 aromatic rings. The van der Waals surface area contributed by atoms with Crippen molar-refractivity contribution in [3.63, 3.8) is 0 Å². The van der Waals surface area contributed by atoms with Crippen LogP contribution in [0, 0.1) is 5.92 Å². The summed E-state index contributed by atoms with van der Waals surface area (Å²) in [5, 5.41) is 0. The van der Waals surface area contributed by atoms with Crippen LogP contribution in [0.15, 0.2) is 0 Å². The van der Waals surface area contributed by atoms with Crippen molar-refractivity contribution >= 4 is 0 Å². The summed E-state index contributed by atoms with van der Waals surface area (Å²) < 4.78 is 0. The van der Waals surface area contributed by atoms with Gasteiger partial charge >= 0.3 is 0 Å². The van der Waals surface area contributed by atoms with Crippen LogP contribution in [0.3, 0.4) is 0 Å². The van der Waals surface area contributed by atoms with Gasteiger partial charge in [0.25, 0.3) is 0 Å². The summed E-state index contributed by atoms with van der Waals surface area (Å²) in [7, 11) is 0. The number of rotatable bonds is 1. The van der Waals surface area contributed by atoms with E-state index in [9.17, 15) is 0 Å². The van der Waals surface area contributed by atoms with Crippen LogP contribution in [-0.2, 0) is 0 Å². The quantitative estimate of drug-likeness (QED) is 0.540. The van der Waals surface area contributed by atoms with Crippen molar-refractivity contribution in [2.24, 2.45) is 17.4 Å². The minimum atomic E-state index is -0.430. The van der Waals surface area contributed by atoms with Crippen LogP contribution in [0.5, 0.6) is 0 Å². The highest BCUT2D eigenvalue weighted by Gasteiger charge is 2.26. The molecule has 0 aromatic carbocycles. The predicted octanol–water partition coefficient (Wildman–Crippen LogP) is 1.20. The van der Waals surface area contributed by atoms with E-state index >= 15 is 0 Å². The van der Waals surface area contributed by atoms with E-state index in [-0.39, 0.29) is 0 Å². The number of hydrogen-bond acceptors (Lipinski definition) is 2. The molecule has 0 radical (unpaired) electrons. The molecule has 0 heterocycles. The highest BCUT2D eigenvalue weighted by atomic mass is 15.0. The molecule has 10 heavy (non-hydrogen) atoms. The maximum absolute atomic E-state index is 5.79. The van der Waals surface area contributed by atoms with E-state index in [1.807, 2.05) is 6.92 Å². The first kappa shape index (κ1) is 8.02. The van der Waals surface area contributed by atoms with E-state index in [2.05, 4.69) is 0 Å². The molecule has 60 valence electrons. The molecule has 0 unspecified atom stereocenters. The van der Waals surface area contributed by atoms with Crippen LogP contribution >= 0.6 is 0 Å². The number of hydrogen-bond donors (Lipinski definition) is 2. The molecular formula is C8H18N2. The van der Waals surface area contributed by atoms with Crippen molar-refractivity contribution in [1.82, 2.24) is 0 Å². The standard InChI is InChI=1S/C8H18N2/c1-8(9,10)7-5-3-2-4-6-7/h7H,2-6,9-10H2,1H3. The van der Waals surface area contributed by atoms with Crippen LogP contribution in [0.1, 0.15) is 39.0 Å². The summed E-state index contributed by atoms with van der Waals surface area (Å²) in [5.74, 6) is 0.557. The van der Waals surface area contributed by atoms with Crippen molar-refractivity contribution in [1.29, 1.82) is 0 Å². The summed E-state index contributed by atoms with van der Waals surface area (Å²) in [5.41, 5.74) is 11.1. The molecular weight excluding hydrogens is 124 g/mol. The molecule has 0 amide bonds. The fourth-order valence-electron chi connectivity index (χ4n) is 1.72. The van der Waals surface area contributed by atoms with E-state index in [1.165, 1.54) is 32.1 Å². The molecule has 1 fully saturated rings. The first-order valence-electron chi connectivity index (χ1n) is 4.18. The third-order valence-electron chi connectivity index (χ3n) is 2.48. The molecule has 0 saturated heterocycles. The predicted molar refractivity (Wildman–Crippen MR) is 43.4 cm³/mol. The lowest BCUT2D eigenvalue weighted by molar-refractivity contribution is 0.228. The highest BCUT2D eigenvalue weighted by molar-refractivity contribution is 4.82. The Hall–Kier alpha value is -0.0800. The Morgan fingerprint density at radius 3 is 1.90 bits per heavy atom. The second-order valence-electron chi connectivity index (χ2n) is 3.70. The zero-order valence-corrected chi connectivity index (χ0v) is 6.77. The van der Waals surface area contributed by atoms with Gasteiger partial charge in [-0.2, -0.15) is 0 Å². The minimum absolute atomic E-state index is 0.430. The van der Waals surface area contributed by atoms with Gasteiger partial charge in [-0.1, -0.05) is 19.3 Å². The molecule has 0 atom stereocenters. The van der Waals surface area contributed by atoms with Gasteiger partial charge in [-0.25, -0.2) is 0 Å². The fourth-order valence-corrected chi connectivity index (χ4v) is 1.72. The molecule has 1 rings (SSSR count). The summed E-state index contributed by atoms with van der Waals surface area (Å²) in [6, 6.07) is 0. The molecule has 2 nitrogen and oxygen atoms in total. The van der Waals surface area contributed by atoms with Gasteiger partial charge in [0.2, 0.25) is 0 Å². The second kappa shape index (κ2) is 2.89. The second-order valence-corrected chi connectivity index (χ2v) is 3.70. The molecule has 2 heteroatoms. The molecule has 1 aliphatic rings. The first-order valence-corrected chi connectivity index (χ1v) is 4.18. The Balaban J connectivity index is 2.39. The SMILES string of the molecule is CC(N)(N)C1CCCCC1. The van der Waals surface area contributed by atoms with Crippen LogP contribution in [0.2, 0.25) is 0 Å².